The predicted octanol–water partition coefficient (Wildman–Crippen LogP) is 6.19. The fraction of sp³-hybridized carbons (Fsp3) is 0.212. The lowest BCUT2D eigenvalue weighted by atomic mass is 10.1. The normalized spacial score (nSPS) is 11.8. The number of nitrogens with one attached hydrogen (secondary N) is 1. The van der Waals surface area contributed by atoms with E-state index in [1.54, 1.807) is 67.6 Å². The van der Waals surface area contributed by atoms with Crippen molar-refractivity contribution in [3.05, 3.63) is 119 Å². The monoisotopic (exact) mass is 619 g/mol. The summed E-state index contributed by atoms with van der Waals surface area (Å²) in [5.74, 6) is 0.207. The Kier molecular flexibility index (Phi) is 10.4. The zero-order chi connectivity index (χ0) is 31.0. The lowest BCUT2D eigenvalue weighted by Crippen LogP contribution is -2.51. The van der Waals surface area contributed by atoms with Crippen LogP contribution in [0.5, 0.6) is 11.5 Å². The lowest BCUT2D eigenvalue weighted by molar-refractivity contribution is -0.140. The Morgan fingerprint density at radius 2 is 1.47 bits per heavy atom. The summed E-state index contributed by atoms with van der Waals surface area (Å²) in [6.45, 7) is 3.12. The number of hydrogen-bond donors (Lipinski definition) is 1. The second-order valence-electron chi connectivity index (χ2n) is 9.89. The van der Waals surface area contributed by atoms with Gasteiger partial charge in [-0.05, 0) is 73.5 Å². The molecule has 10 heteroatoms. The molecule has 0 heterocycles. The van der Waals surface area contributed by atoms with Crippen LogP contribution in [-0.4, -0.2) is 44.8 Å². The van der Waals surface area contributed by atoms with Crippen molar-refractivity contribution in [3.8, 4) is 11.5 Å². The average Bonchev–Trinajstić information content (AvgIpc) is 3.01. The molecule has 2 amide bonds. The first-order chi connectivity index (χ1) is 20.6. The Morgan fingerprint density at radius 1 is 0.860 bits per heavy atom. The van der Waals surface area contributed by atoms with E-state index < -0.39 is 28.5 Å². The number of likely N-dealkylation sites (N-methyl/N-ethyl adjacent to an activating group) is 1. The van der Waals surface area contributed by atoms with E-state index in [1.807, 2.05) is 37.3 Å². The van der Waals surface area contributed by atoms with Gasteiger partial charge in [0, 0.05) is 18.6 Å². The number of hydrogen-bond acceptors (Lipinski definition) is 5. The molecule has 1 atom stereocenters. The minimum absolute atomic E-state index is 0.0205. The molecule has 0 fully saturated rings. The largest absolute Gasteiger partial charge is 0.457 e. The Labute approximate surface area is 257 Å². The van der Waals surface area contributed by atoms with Gasteiger partial charge >= 0.3 is 0 Å². The number of benzene rings is 4. The molecule has 4 aromatic rings. The summed E-state index contributed by atoms with van der Waals surface area (Å²) < 4.78 is 35.0. The van der Waals surface area contributed by atoms with Gasteiger partial charge in [0.05, 0.1) is 10.6 Å². The van der Waals surface area contributed by atoms with E-state index in [4.69, 9.17) is 16.3 Å². The number of carbonyl (C=O) groups excluding carboxylic acids is 2. The molecule has 0 aromatic heterocycles. The van der Waals surface area contributed by atoms with Gasteiger partial charge in [-0.3, -0.25) is 13.9 Å². The van der Waals surface area contributed by atoms with Crippen molar-refractivity contribution in [1.82, 2.24) is 10.2 Å². The summed E-state index contributed by atoms with van der Waals surface area (Å²) in [6.07, 6.45) is 0.312. The number of ether oxygens (including phenoxy) is 1. The van der Waals surface area contributed by atoms with Crippen LogP contribution in [-0.2, 0) is 26.2 Å². The van der Waals surface area contributed by atoms with Crippen molar-refractivity contribution in [2.45, 2.75) is 37.8 Å². The minimum Gasteiger partial charge on any atom is -0.457 e. The Balaban J connectivity index is 1.73. The second kappa shape index (κ2) is 14.2. The quantitative estimate of drug-likeness (QED) is 0.204. The van der Waals surface area contributed by atoms with Gasteiger partial charge in [0.2, 0.25) is 11.8 Å². The van der Waals surface area contributed by atoms with E-state index >= 15 is 0 Å². The van der Waals surface area contributed by atoms with Crippen molar-refractivity contribution < 1.29 is 22.7 Å². The van der Waals surface area contributed by atoms with Crippen LogP contribution >= 0.6 is 11.6 Å². The second-order valence-corrected chi connectivity index (χ2v) is 12.2. The number of aryl methyl sites for hydroxylation is 1. The molecule has 8 nitrogen and oxygen atoms in total. The van der Waals surface area contributed by atoms with Gasteiger partial charge in [-0.15, -0.1) is 0 Å². The maximum absolute atomic E-state index is 14.1. The molecule has 0 aliphatic carbocycles. The highest BCUT2D eigenvalue weighted by atomic mass is 35.5. The summed E-state index contributed by atoms with van der Waals surface area (Å²) in [7, 11) is -2.70. The third-order valence-corrected chi connectivity index (χ3v) is 9.08. The van der Waals surface area contributed by atoms with Crippen LogP contribution < -0.4 is 14.4 Å². The van der Waals surface area contributed by atoms with Gasteiger partial charge in [-0.25, -0.2) is 8.42 Å². The molecule has 0 spiro atoms. The van der Waals surface area contributed by atoms with E-state index in [1.165, 1.54) is 24.1 Å². The summed E-state index contributed by atoms with van der Waals surface area (Å²) in [5, 5.41) is 3.05. The van der Waals surface area contributed by atoms with E-state index in [0.717, 1.165) is 9.87 Å². The fourth-order valence-electron chi connectivity index (χ4n) is 4.57. The average molecular weight is 620 g/mol. The molecule has 1 N–H and O–H groups in total. The lowest BCUT2D eigenvalue weighted by Gasteiger charge is -2.33. The SMILES string of the molecule is CCC(C(=O)NC)N(Cc1ccccc1Cl)C(=O)CN(c1ccc(Oc2ccccc2)cc1)S(=O)(=O)c1ccc(C)cc1. The van der Waals surface area contributed by atoms with E-state index in [2.05, 4.69) is 5.32 Å². The Bertz CT molecular complexity index is 1650. The molecule has 0 saturated heterocycles. The first kappa shape index (κ1) is 31.6. The molecular weight excluding hydrogens is 586 g/mol. The molecule has 0 radical (unpaired) electrons. The number of nitrogens with zero attached hydrogens (tertiary/aromatic N) is 2. The summed E-state index contributed by atoms with van der Waals surface area (Å²) >= 11 is 6.42. The molecule has 0 bridgehead atoms. The van der Waals surface area contributed by atoms with Gasteiger partial charge in [-0.1, -0.05) is 72.6 Å². The highest BCUT2D eigenvalue weighted by Gasteiger charge is 2.33. The molecular formula is C33H34ClN3O5S. The van der Waals surface area contributed by atoms with Crippen molar-refractivity contribution in [2.24, 2.45) is 0 Å². The van der Waals surface area contributed by atoms with Crippen LogP contribution in [0.4, 0.5) is 5.69 Å². The molecule has 1 unspecified atom stereocenters. The van der Waals surface area contributed by atoms with Crippen molar-refractivity contribution in [1.29, 1.82) is 0 Å². The van der Waals surface area contributed by atoms with Crippen LogP contribution in [0.15, 0.2) is 108 Å². The van der Waals surface area contributed by atoms with Crippen LogP contribution in [0, 0.1) is 6.92 Å². The van der Waals surface area contributed by atoms with Gasteiger partial charge < -0.3 is 15.0 Å². The number of anilines is 1. The maximum Gasteiger partial charge on any atom is 0.264 e. The number of sulfonamides is 1. The summed E-state index contributed by atoms with van der Waals surface area (Å²) in [6, 6.07) is 28.3. The third kappa shape index (κ3) is 7.74. The van der Waals surface area contributed by atoms with Gasteiger partial charge in [-0.2, -0.15) is 0 Å². The molecule has 0 saturated carbocycles. The Hall–Kier alpha value is -4.34. The van der Waals surface area contributed by atoms with Crippen LogP contribution in [0.3, 0.4) is 0 Å². The number of amides is 2. The number of carbonyl (C=O) groups is 2. The van der Waals surface area contributed by atoms with E-state index in [0.29, 0.717) is 28.5 Å². The molecule has 224 valence electrons. The molecule has 4 aromatic carbocycles. The third-order valence-electron chi connectivity index (χ3n) is 6.92. The van der Waals surface area contributed by atoms with E-state index in [9.17, 15) is 18.0 Å². The highest BCUT2D eigenvalue weighted by molar-refractivity contribution is 7.92. The number of para-hydroxylation sites is 1. The van der Waals surface area contributed by atoms with Gasteiger partial charge in [0.25, 0.3) is 10.0 Å². The van der Waals surface area contributed by atoms with Crippen molar-refractivity contribution in [2.75, 3.05) is 17.9 Å². The number of halogens is 1. The fourth-order valence-corrected chi connectivity index (χ4v) is 6.18. The minimum atomic E-state index is -4.19. The smallest absolute Gasteiger partial charge is 0.264 e. The molecule has 43 heavy (non-hydrogen) atoms. The van der Waals surface area contributed by atoms with Crippen molar-refractivity contribution >= 4 is 39.1 Å². The maximum atomic E-state index is 14.1. The zero-order valence-electron chi connectivity index (χ0n) is 24.2. The molecule has 4 rings (SSSR count). The van der Waals surface area contributed by atoms with Gasteiger partial charge in [0.1, 0.15) is 24.1 Å². The van der Waals surface area contributed by atoms with Gasteiger partial charge in [0.15, 0.2) is 0 Å². The van der Waals surface area contributed by atoms with Crippen LogP contribution in [0.1, 0.15) is 24.5 Å². The molecule has 0 aliphatic rings. The van der Waals surface area contributed by atoms with Crippen LogP contribution in [0.2, 0.25) is 5.02 Å². The van der Waals surface area contributed by atoms with E-state index in [-0.39, 0.29) is 23.0 Å². The zero-order valence-corrected chi connectivity index (χ0v) is 25.8. The first-order valence-electron chi connectivity index (χ1n) is 13.8. The first-order valence-corrected chi connectivity index (χ1v) is 15.6. The number of rotatable bonds is 12. The summed E-state index contributed by atoms with van der Waals surface area (Å²) in [5.41, 5.74) is 1.79. The predicted molar refractivity (Wildman–Crippen MR) is 169 cm³/mol. The highest BCUT2D eigenvalue weighted by Crippen LogP contribution is 2.29. The summed E-state index contributed by atoms with van der Waals surface area (Å²) in [4.78, 5) is 28.4. The van der Waals surface area contributed by atoms with Crippen LogP contribution in [0.25, 0.3) is 0 Å². The van der Waals surface area contributed by atoms with Crippen molar-refractivity contribution in [3.63, 3.8) is 0 Å². The Morgan fingerprint density at radius 3 is 2.07 bits per heavy atom. The topological polar surface area (TPSA) is 96.0 Å². The molecule has 0 aliphatic heterocycles. The standard InChI is InChI=1S/C33H34ClN3O5S/c1-4-31(33(39)35-3)36(22-25-10-8-9-13-30(25)34)32(38)23-37(43(40,41)29-20-14-24(2)15-21-29)26-16-18-28(19-17-26)42-27-11-6-5-7-12-27/h5-21,31H,4,22-23H2,1-3H3,(H,35,39).